The van der Waals surface area contributed by atoms with Gasteiger partial charge in [-0.15, -0.1) is 0 Å². The van der Waals surface area contributed by atoms with Crippen molar-refractivity contribution in [3.63, 3.8) is 0 Å². The molecule has 3 N–H and O–H groups in total. The standard InChI is InChI=1S/C46H49FN8O6/c1-44(2)42(45(3,4)43(44)61-35-14-7-28(22-48)38-33(35)12-15-36(56)49-38)51-39(58)27-5-8-30(9-6-27)54-25-46(47,26-54)24-52-17-19-53(20-18-52)31-10-11-32-29(21-31)23-55(41(32)60)34-13-16-37(57)50-40(34)59/h5-12,14-15,21,34,42-43H,13,16-20,23-26H2,1-4H3,(H,49,56)(H,51,58)(H,50,57,59)/t34-,42?,43?/m0/s1. The van der Waals surface area contributed by atoms with E-state index >= 15 is 4.39 Å². The number of piperidine rings is 1. The van der Waals surface area contributed by atoms with E-state index in [0.29, 0.717) is 79.0 Å². The molecule has 14 nitrogen and oxygen atoms in total. The van der Waals surface area contributed by atoms with Gasteiger partial charge < -0.3 is 29.7 Å². The van der Waals surface area contributed by atoms with Gasteiger partial charge in [-0.05, 0) is 72.6 Å². The Balaban J connectivity index is 0.754. The summed E-state index contributed by atoms with van der Waals surface area (Å²) in [5.41, 5.74) is 2.02. The second kappa shape index (κ2) is 14.7. The number of benzene rings is 3. The molecule has 4 fully saturated rings. The highest BCUT2D eigenvalue weighted by atomic mass is 19.1. The van der Waals surface area contributed by atoms with Crippen LogP contribution in [0.3, 0.4) is 0 Å². The molecule has 9 rings (SSSR count). The Bertz CT molecular complexity index is 2550. The maximum Gasteiger partial charge on any atom is 0.255 e. The molecule has 61 heavy (non-hydrogen) atoms. The first-order valence-corrected chi connectivity index (χ1v) is 20.9. The number of aromatic amines is 1. The largest absolute Gasteiger partial charge is 0.488 e. The van der Waals surface area contributed by atoms with Crippen molar-refractivity contribution < 1.29 is 28.3 Å². The van der Waals surface area contributed by atoms with E-state index in [9.17, 15) is 29.2 Å². The summed E-state index contributed by atoms with van der Waals surface area (Å²) >= 11 is 0. The molecule has 0 spiro atoms. The van der Waals surface area contributed by atoms with Crippen LogP contribution < -0.4 is 30.7 Å². The van der Waals surface area contributed by atoms with E-state index in [2.05, 4.69) is 59.2 Å². The van der Waals surface area contributed by atoms with Crippen LogP contribution in [0, 0.1) is 22.2 Å². The number of fused-ring (bicyclic) bond motifs is 2. The summed E-state index contributed by atoms with van der Waals surface area (Å²) in [5, 5.41) is 15.8. The van der Waals surface area contributed by atoms with Crippen LogP contribution in [0.4, 0.5) is 15.8 Å². The molecular formula is C46H49FN8O6. The number of anilines is 2. The van der Waals surface area contributed by atoms with Gasteiger partial charge in [0.2, 0.25) is 17.4 Å². The molecule has 4 amide bonds. The topological polar surface area (TPSA) is 171 Å². The molecule has 3 saturated heterocycles. The molecule has 0 unspecified atom stereocenters. The number of carbonyl (C=O) groups excluding carboxylic acids is 4. The van der Waals surface area contributed by atoms with E-state index in [4.69, 9.17) is 4.74 Å². The quantitative estimate of drug-likeness (QED) is 0.209. The SMILES string of the molecule is CC1(C)C(NC(=O)c2ccc(N3CC(F)(CN4CCN(c5ccc6c(c5)CN([C@H]5CCC(=O)NC5=O)C6=O)CC4)C3)cc2)C(C)(C)C1Oc1ccc(C#N)c2[nH]c(=O)ccc12. The molecule has 5 aliphatic rings. The fraction of sp³-hybridized carbons (Fsp3) is 0.435. The number of H-pyrrole nitrogens is 1. The van der Waals surface area contributed by atoms with Crippen molar-refractivity contribution in [3.8, 4) is 11.8 Å². The number of hydrogen-bond acceptors (Lipinski definition) is 10. The molecule has 4 aromatic rings. The molecule has 5 heterocycles. The van der Waals surface area contributed by atoms with Gasteiger partial charge in [0.05, 0.1) is 24.2 Å². The highest BCUT2D eigenvalue weighted by molar-refractivity contribution is 6.05. The molecule has 4 aliphatic heterocycles. The zero-order chi connectivity index (χ0) is 43.0. The summed E-state index contributed by atoms with van der Waals surface area (Å²) in [6.07, 6.45) is 0.252. The van der Waals surface area contributed by atoms with Crippen LogP contribution in [0.25, 0.3) is 10.9 Å². The van der Waals surface area contributed by atoms with Crippen LogP contribution >= 0.6 is 0 Å². The van der Waals surface area contributed by atoms with Crippen LogP contribution in [0.5, 0.6) is 5.75 Å². The Morgan fingerprint density at radius 2 is 1.61 bits per heavy atom. The Hall–Kier alpha value is -6.27. The summed E-state index contributed by atoms with van der Waals surface area (Å²) in [7, 11) is 0. The smallest absolute Gasteiger partial charge is 0.255 e. The molecular weight excluding hydrogens is 780 g/mol. The predicted octanol–water partition coefficient (Wildman–Crippen LogP) is 4.12. The summed E-state index contributed by atoms with van der Waals surface area (Å²) in [6, 6.07) is 20.8. The molecule has 1 aromatic heterocycles. The average molecular weight is 829 g/mol. The maximum absolute atomic E-state index is 16.0. The Labute approximate surface area is 352 Å². The number of hydrogen-bond donors (Lipinski definition) is 3. The minimum Gasteiger partial charge on any atom is -0.488 e. The fourth-order valence-corrected chi connectivity index (χ4v) is 10.6. The lowest BCUT2D eigenvalue weighted by molar-refractivity contribution is -0.163. The lowest BCUT2D eigenvalue weighted by atomic mass is 9.49. The van der Waals surface area contributed by atoms with Crippen LogP contribution in [-0.4, -0.2) is 108 Å². The number of piperazine rings is 1. The molecule has 316 valence electrons. The molecule has 15 heteroatoms. The third-order valence-corrected chi connectivity index (χ3v) is 13.5. The first-order chi connectivity index (χ1) is 29.0. The van der Waals surface area contributed by atoms with E-state index in [1.54, 1.807) is 35.2 Å². The van der Waals surface area contributed by atoms with Crippen molar-refractivity contribution in [2.75, 3.05) is 55.6 Å². The molecule has 1 saturated carbocycles. The zero-order valence-corrected chi connectivity index (χ0v) is 34.7. The Morgan fingerprint density at radius 1 is 0.902 bits per heavy atom. The second-order valence-electron chi connectivity index (χ2n) is 18.4. The number of imide groups is 1. The molecule has 1 atom stereocenters. The summed E-state index contributed by atoms with van der Waals surface area (Å²) in [5.74, 6) is -0.581. The normalized spacial score (nSPS) is 24.0. The summed E-state index contributed by atoms with van der Waals surface area (Å²) in [4.78, 5) is 73.5. The number of nitrogens with one attached hydrogen (secondary N) is 3. The number of amides is 4. The maximum atomic E-state index is 16.0. The van der Waals surface area contributed by atoms with Gasteiger partial charge in [0, 0.05) is 96.5 Å². The minimum atomic E-state index is -1.35. The average Bonchev–Trinajstić information content (AvgIpc) is 3.55. The van der Waals surface area contributed by atoms with E-state index < -0.39 is 28.4 Å². The third kappa shape index (κ3) is 7.06. The molecule has 3 aromatic carbocycles. The predicted molar refractivity (Wildman–Crippen MR) is 226 cm³/mol. The lowest BCUT2D eigenvalue weighted by Crippen LogP contribution is -2.74. The first-order valence-electron chi connectivity index (χ1n) is 20.9. The van der Waals surface area contributed by atoms with E-state index in [1.165, 1.54) is 6.07 Å². The van der Waals surface area contributed by atoms with Crippen molar-refractivity contribution in [1.29, 1.82) is 5.26 Å². The highest BCUT2D eigenvalue weighted by Gasteiger charge is 2.64. The minimum absolute atomic E-state index is 0.193. The monoisotopic (exact) mass is 828 g/mol. The number of nitrogens with zero attached hydrogens (tertiary/aromatic N) is 5. The van der Waals surface area contributed by atoms with Crippen LogP contribution in [-0.2, 0) is 16.1 Å². The van der Waals surface area contributed by atoms with Gasteiger partial charge in [0.1, 0.15) is 24.0 Å². The van der Waals surface area contributed by atoms with Crippen molar-refractivity contribution >= 4 is 45.9 Å². The van der Waals surface area contributed by atoms with E-state index in [-0.39, 0.29) is 54.9 Å². The van der Waals surface area contributed by atoms with Gasteiger partial charge >= 0.3 is 0 Å². The van der Waals surface area contributed by atoms with Gasteiger partial charge in [-0.25, -0.2) is 4.39 Å². The number of nitriles is 1. The number of aromatic nitrogens is 1. The summed E-state index contributed by atoms with van der Waals surface area (Å²) in [6.45, 7) is 12.2. The van der Waals surface area contributed by atoms with Crippen molar-refractivity contribution in [3.05, 3.63) is 99.3 Å². The number of rotatable bonds is 9. The van der Waals surface area contributed by atoms with Gasteiger partial charge in [0.15, 0.2) is 5.67 Å². The second-order valence-corrected chi connectivity index (χ2v) is 18.4. The van der Waals surface area contributed by atoms with Crippen molar-refractivity contribution in [2.45, 2.75) is 70.9 Å². The number of alkyl halides is 1. The Kier molecular flexibility index (Phi) is 9.69. The number of halogens is 1. The molecule has 1 aliphatic carbocycles. The van der Waals surface area contributed by atoms with Gasteiger partial charge in [-0.3, -0.25) is 34.2 Å². The van der Waals surface area contributed by atoms with Crippen LogP contribution in [0.2, 0.25) is 0 Å². The Morgan fingerprint density at radius 3 is 2.30 bits per heavy atom. The van der Waals surface area contributed by atoms with Crippen molar-refractivity contribution in [1.82, 2.24) is 25.4 Å². The first kappa shape index (κ1) is 40.2. The van der Waals surface area contributed by atoms with E-state index in [0.717, 1.165) is 16.9 Å². The third-order valence-electron chi connectivity index (χ3n) is 13.5. The zero-order valence-electron chi connectivity index (χ0n) is 34.7. The number of pyridine rings is 1. The summed E-state index contributed by atoms with van der Waals surface area (Å²) < 4.78 is 22.6. The molecule has 0 radical (unpaired) electrons. The molecule has 0 bridgehead atoms. The van der Waals surface area contributed by atoms with Crippen LogP contribution in [0.15, 0.2) is 71.5 Å². The van der Waals surface area contributed by atoms with E-state index in [1.807, 2.05) is 35.2 Å². The van der Waals surface area contributed by atoms with Gasteiger partial charge in [-0.1, -0.05) is 27.7 Å². The van der Waals surface area contributed by atoms with Crippen molar-refractivity contribution in [2.24, 2.45) is 10.8 Å². The highest BCUT2D eigenvalue weighted by Crippen LogP contribution is 2.56. The number of carbonyl (C=O) groups is 4. The van der Waals surface area contributed by atoms with Gasteiger partial charge in [-0.2, -0.15) is 5.26 Å². The fourth-order valence-electron chi connectivity index (χ4n) is 10.6. The lowest BCUT2D eigenvalue weighted by Gasteiger charge is -2.63. The number of ether oxygens (including phenoxy) is 1. The van der Waals surface area contributed by atoms with Crippen LogP contribution in [0.1, 0.15) is 72.4 Å². The van der Waals surface area contributed by atoms with Gasteiger partial charge in [0.25, 0.3) is 11.8 Å².